The highest BCUT2D eigenvalue weighted by Crippen LogP contribution is 2.21. The predicted octanol–water partition coefficient (Wildman–Crippen LogP) is -1.71. The van der Waals surface area contributed by atoms with E-state index in [1.165, 1.54) is 25.2 Å². The number of nitrogens with two attached hydrogens (primary N) is 1. The molecule has 21 heavy (non-hydrogen) atoms. The lowest BCUT2D eigenvalue weighted by atomic mass is 10.2. The molecule has 1 aromatic carbocycles. The molecule has 1 heterocycles. The van der Waals surface area contributed by atoms with Gasteiger partial charge in [0, 0.05) is 20.1 Å². The largest absolute Gasteiger partial charge is 0.390 e. The number of hydrogen-bond donors (Lipinski definition) is 3. The fourth-order valence-electron chi connectivity index (χ4n) is 2.18. The number of primary sulfonamides is 1. The third-order valence-electron chi connectivity index (χ3n) is 3.43. The van der Waals surface area contributed by atoms with Crippen LogP contribution in [-0.4, -0.2) is 58.5 Å². The third kappa shape index (κ3) is 3.25. The lowest BCUT2D eigenvalue weighted by Gasteiger charge is -2.25. The highest BCUT2D eigenvalue weighted by atomic mass is 32.2. The lowest BCUT2D eigenvalue weighted by molar-refractivity contribution is 0.136. The number of sulfonamides is 2. The SMILES string of the molecule is CN([C@H]1CNC[C@@H]1O)S(=O)(=O)c1cccc(S(N)(=O)=O)c1. The molecule has 0 spiro atoms. The zero-order valence-corrected chi connectivity index (χ0v) is 12.9. The average Bonchev–Trinajstić information content (AvgIpc) is 2.83. The molecule has 1 aromatic rings. The molecule has 1 aliphatic rings. The molecule has 0 aliphatic carbocycles. The van der Waals surface area contributed by atoms with Gasteiger partial charge in [0.25, 0.3) is 0 Å². The van der Waals surface area contributed by atoms with E-state index in [9.17, 15) is 21.9 Å². The van der Waals surface area contributed by atoms with Crippen molar-refractivity contribution in [2.75, 3.05) is 20.1 Å². The summed E-state index contributed by atoms with van der Waals surface area (Å²) in [6.07, 6.45) is -0.814. The van der Waals surface area contributed by atoms with Crippen LogP contribution in [0.25, 0.3) is 0 Å². The topological polar surface area (TPSA) is 130 Å². The highest BCUT2D eigenvalue weighted by molar-refractivity contribution is 7.90. The maximum atomic E-state index is 12.5. The van der Waals surface area contributed by atoms with Gasteiger partial charge >= 0.3 is 0 Å². The van der Waals surface area contributed by atoms with Crippen LogP contribution in [-0.2, 0) is 20.0 Å². The Morgan fingerprint density at radius 3 is 2.38 bits per heavy atom. The van der Waals surface area contributed by atoms with E-state index in [1.807, 2.05) is 0 Å². The molecule has 10 heteroatoms. The van der Waals surface area contributed by atoms with E-state index in [0.29, 0.717) is 13.1 Å². The number of rotatable bonds is 4. The summed E-state index contributed by atoms with van der Waals surface area (Å²) in [7, 11) is -6.56. The summed E-state index contributed by atoms with van der Waals surface area (Å²) < 4.78 is 48.7. The first kappa shape index (κ1) is 16.3. The van der Waals surface area contributed by atoms with E-state index in [0.717, 1.165) is 10.4 Å². The first-order chi connectivity index (χ1) is 9.64. The van der Waals surface area contributed by atoms with Gasteiger partial charge in [-0.05, 0) is 18.2 Å². The molecule has 0 saturated carbocycles. The van der Waals surface area contributed by atoms with Crippen molar-refractivity contribution in [3.8, 4) is 0 Å². The van der Waals surface area contributed by atoms with Crippen LogP contribution in [0.2, 0.25) is 0 Å². The van der Waals surface area contributed by atoms with Crippen LogP contribution in [0.3, 0.4) is 0 Å². The molecule has 118 valence electrons. The Morgan fingerprint density at radius 1 is 1.24 bits per heavy atom. The standard InChI is InChI=1S/C11H17N3O5S2/c1-14(10-6-13-7-11(10)15)21(18,19)9-4-2-3-8(5-9)20(12,16)17/h2-5,10-11,13,15H,6-7H2,1H3,(H2,12,16,17)/t10-,11-/m0/s1. The minimum atomic E-state index is -3.99. The number of β-amino-alcohol motifs (C(OH)–C–C–N with tert-alkyl or cyclic N) is 1. The van der Waals surface area contributed by atoms with Gasteiger partial charge in [-0.2, -0.15) is 4.31 Å². The Labute approximate surface area is 123 Å². The zero-order valence-electron chi connectivity index (χ0n) is 11.3. The predicted molar refractivity (Wildman–Crippen MR) is 75.4 cm³/mol. The van der Waals surface area contributed by atoms with Crippen LogP contribution < -0.4 is 10.5 Å². The van der Waals surface area contributed by atoms with E-state index in [2.05, 4.69) is 5.32 Å². The fourth-order valence-corrected chi connectivity index (χ4v) is 4.24. The van der Waals surface area contributed by atoms with Crippen LogP contribution in [0, 0.1) is 0 Å². The molecular formula is C11H17N3O5S2. The maximum Gasteiger partial charge on any atom is 0.243 e. The van der Waals surface area contributed by atoms with Crippen LogP contribution >= 0.6 is 0 Å². The summed E-state index contributed by atoms with van der Waals surface area (Å²) in [6, 6.07) is 4.23. The molecule has 0 radical (unpaired) electrons. The fraction of sp³-hybridized carbons (Fsp3) is 0.455. The van der Waals surface area contributed by atoms with E-state index in [4.69, 9.17) is 5.14 Å². The lowest BCUT2D eigenvalue weighted by Crippen LogP contribution is -2.44. The Hall–Kier alpha value is -1.04. The first-order valence-corrected chi connectivity index (χ1v) is 9.12. The van der Waals surface area contributed by atoms with Gasteiger partial charge in [0.2, 0.25) is 20.0 Å². The molecule has 1 saturated heterocycles. The van der Waals surface area contributed by atoms with Gasteiger partial charge in [0.15, 0.2) is 0 Å². The van der Waals surface area contributed by atoms with Gasteiger partial charge in [0.1, 0.15) is 0 Å². The molecule has 2 atom stereocenters. The second-order valence-electron chi connectivity index (χ2n) is 4.83. The highest BCUT2D eigenvalue weighted by Gasteiger charge is 2.35. The second-order valence-corrected chi connectivity index (χ2v) is 8.39. The van der Waals surface area contributed by atoms with E-state index in [-0.39, 0.29) is 9.79 Å². The van der Waals surface area contributed by atoms with E-state index >= 15 is 0 Å². The van der Waals surface area contributed by atoms with Crippen molar-refractivity contribution in [2.24, 2.45) is 5.14 Å². The molecule has 1 fully saturated rings. The Kier molecular flexibility index (Phi) is 4.38. The third-order valence-corrected chi connectivity index (χ3v) is 6.22. The molecule has 8 nitrogen and oxygen atoms in total. The molecule has 1 aliphatic heterocycles. The summed E-state index contributed by atoms with van der Waals surface area (Å²) in [5.41, 5.74) is 0. The van der Waals surface area contributed by atoms with Gasteiger partial charge < -0.3 is 10.4 Å². The normalized spacial score (nSPS) is 23.6. The van der Waals surface area contributed by atoms with Crippen molar-refractivity contribution < 1.29 is 21.9 Å². The molecule has 4 N–H and O–H groups in total. The number of likely N-dealkylation sites (N-methyl/N-ethyl adjacent to an activating group) is 1. The van der Waals surface area contributed by atoms with Gasteiger partial charge in [-0.3, -0.25) is 0 Å². The first-order valence-electron chi connectivity index (χ1n) is 6.14. The minimum Gasteiger partial charge on any atom is -0.390 e. The van der Waals surface area contributed by atoms with Crippen molar-refractivity contribution in [3.05, 3.63) is 24.3 Å². The summed E-state index contributed by atoms with van der Waals surface area (Å²) >= 11 is 0. The molecule has 2 rings (SSSR count). The number of nitrogens with one attached hydrogen (secondary N) is 1. The van der Waals surface area contributed by atoms with Gasteiger partial charge in [-0.1, -0.05) is 6.07 Å². The number of benzene rings is 1. The Balaban J connectivity index is 2.40. The van der Waals surface area contributed by atoms with Crippen LogP contribution in [0.1, 0.15) is 0 Å². The molecule has 0 unspecified atom stereocenters. The maximum absolute atomic E-state index is 12.5. The summed E-state index contributed by atoms with van der Waals surface area (Å²) in [5.74, 6) is 0. The quantitative estimate of drug-likeness (QED) is 0.600. The smallest absolute Gasteiger partial charge is 0.243 e. The van der Waals surface area contributed by atoms with Gasteiger partial charge in [-0.25, -0.2) is 22.0 Å². The van der Waals surface area contributed by atoms with Crippen LogP contribution in [0.5, 0.6) is 0 Å². The van der Waals surface area contributed by atoms with Crippen molar-refractivity contribution in [3.63, 3.8) is 0 Å². The number of hydrogen-bond acceptors (Lipinski definition) is 6. The molecular weight excluding hydrogens is 318 g/mol. The van der Waals surface area contributed by atoms with Gasteiger partial charge in [0.05, 0.1) is 21.9 Å². The van der Waals surface area contributed by atoms with Crippen LogP contribution in [0.4, 0.5) is 0 Å². The summed E-state index contributed by atoms with van der Waals surface area (Å²) in [4.78, 5) is -0.460. The number of nitrogens with zero attached hydrogens (tertiary/aromatic N) is 1. The molecule has 0 bridgehead atoms. The summed E-state index contributed by atoms with van der Waals surface area (Å²) in [6.45, 7) is 0.632. The zero-order chi connectivity index (χ0) is 15.8. The molecule has 0 aromatic heterocycles. The summed E-state index contributed by atoms with van der Waals surface area (Å²) in [5, 5.41) is 17.7. The van der Waals surface area contributed by atoms with Crippen LogP contribution in [0.15, 0.2) is 34.1 Å². The van der Waals surface area contributed by atoms with Gasteiger partial charge in [-0.15, -0.1) is 0 Å². The van der Waals surface area contributed by atoms with E-state index in [1.54, 1.807) is 0 Å². The van der Waals surface area contributed by atoms with Crippen molar-refractivity contribution >= 4 is 20.0 Å². The Morgan fingerprint density at radius 2 is 1.86 bits per heavy atom. The molecule has 0 amide bonds. The second kappa shape index (κ2) is 5.63. The monoisotopic (exact) mass is 335 g/mol. The van der Waals surface area contributed by atoms with Crippen molar-refractivity contribution in [1.29, 1.82) is 0 Å². The minimum absolute atomic E-state index is 0.185. The van der Waals surface area contributed by atoms with Crippen molar-refractivity contribution in [2.45, 2.75) is 21.9 Å². The van der Waals surface area contributed by atoms with E-state index < -0.39 is 32.2 Å². The Bertz CT molecular complexity index is 732. The average molecular weight is 335 g/mol. The number of aliphatic hydroxyl groups is 1. The van der Waals surface area contributed by atoms with Crippen molar-refractivity contribution in [1.82, 2.24) is 9.62 Å². The number of aliphatic hydroxyl groups excluding tert-OH is 1.